The van der Waals surface area contributed by atoms with Gasteiger partial charge < -0.3 is 4.90 Å². The van der Waals surface area contributed by atoms with E-state index in [0.717, 1.165) is 6.54 Å². The van der Waals surface area contributed by atoms with Crippen LogP contribution < -0.4 is 0 Å². The Morgan fingerprint density at radius 1 is 1.58 bits per heavy atom. The molecule has 0 unspecified atom stereocenters. The van der Waals surface area contributed by atoms with E-state index < -0.39 is 0 Å². The Morgan fingerprint density at radius 3 is 3.25 bits per heavy atom. The number of thiophene rings is 1. The van der Waals surface area contributed by atoms with Gasteiger partial charge in [0.2, 0.25) is 0 Å². The molecule has 0 amide bonds. The number of fused-ring (bicyclic) bond motifs is 1. The van der Waals surface area contributed by atoms with Gasteiger partial charge in [0.05, 0.1) is 3.79 Å². The van der Waals surface area contributed by atoms with Gasteiger partial charge in [0, 0.05) is 11.4 Å². The third-order valence-electron chi connectivity index (χ3n) is 2.25. The third-order valence-corrected chi connectivity index (χ3v) is 3.99. The summed E-state index contributed by atoms with van der Waals surface area (Å²) in [5.74, 6) is 0. The van der Waals surface area contributed by atoms with Crippen LogP contribution in [0.1, 0.15) is 16.9 Å². The van der Waals surface area contributed by atoms with E-state index in [4.69, 9.17) is 0 Å². The zero-order valence-electron chi connectivity index (χ0n) is 7.14. The highest BCUT2D eigenvalue weighted by atomic mass is 79.9. The lowest BCUT2D eigenvalue weighted by atomic mass is 10.2. The Labute approximate surface area is 85.5 Å². The van der Waals surface area contributed by atoms with Crippen molar-refractivity contribution in [1.29, 1.82) is 0 Å². The Kier molecular flexibility index (Phi) is 2.53. The van der Waals surface area contributed by atoms with E-state index in [1.54, 1.807) is 4.88 Å². The van der Waals surface area contributed by atoms with Gasteiger partial charge in [-0.2, -0.15) is 0 Å². The van der Waals surface area contributed by atoms with Crippen LogP contribution in [0.3, 0.4) is 0 Å². The second-order valence-corrected chi connectivity index (χ2v) is 5.86. The fourth-order valence-electron chi connectivity index (χ4n) is 1.65. The first-order valence-electron chi connectivity index (χ1n) is 4.21. The predicted molar refractivity (Wildman–Crippen MR) is 56.7 cm³/mol. The van der Waals surface area contributed by atoms with Crippen LogP contribution in [-0.4, -0.2) is 18.5 Å². The van der Waals surface area contributed by atoms with E-state index in [0.29, 0.717) is 0 Å². The number of hydrogen-bond donors (Lipinski definition) is 0. The van der Waals surface area contributed by atoms with Gasteiger partial charge in [0.15, 0.2) is 0 Å². The van der Waals surface area contributed by atoms with Crippen LogP contribution in [0.4, 0.5) is 0 Å². The Morgan fingerprint density at radius 2 is 2.42 bits per heavy atom. The molecule has 1 aliphatic rings. The summed E-state index contributed by atoms with van der Waals surface area (Å²) in [7, 11) is 2.20. The van der Waals surface area contributed by atoms with Gasteiger partial charge in [-0.25, -0.2) is 0 Å². The molecular formula is C9H12BrNS. The maximum Gasteiger partial charge on any atom is 0.0704 e. The predicted octanol–water partition coefficient (Wildman–Crippen LogP) is 2.89. The molecule has 2 heterocycles. The first kappa shape index (κ1) is 8.73. The fourth-order valence-corrected chi connectivity index (χ4v) is 3.46. The van der Waals surface area contributed by atoms with Crippen LogP contribution in [0, 0.1) is 0 Å². The van der Waals surface area contributed by atoms with Crippen LogP contribution in [0.2, 0.25) is 0 Å². The highest BCUT2D eigenvalue weighted by Gasteiger charge is 2.13. The van der Waals surface area contributed by atoms with Crippen LogP contribution >= 0.6 is 27.3 Å². The van der Waals surface area contributed by atoms with Crippen LogP contribution in [0.5, 0.6) is 0 Å². The lowest BCUT2D eigenvalue weighted by Crippen LogP contribution is -2.16. The number of halogens is 1. The second-order valence-electron chi connectivity index (χ2n) is 3.34. The molecule has 1 aromatic rings. The highest BCUT2D eigenvalue weighted by molar-refractivity contribution is 9.11. The van der Waals surface area contributed by atoms with Crippen LogP contribution in [0.15, 0.2) is 9.85 Å². The summed E-state index contributed by atoms with van der Waals surface area (Å²) in [6.45, 7) is 2.36. The molecule has 0 atom stereocenters. The molecule has 0 radical (unpaired) electrons. The summed E-state index contributed by atoms with van der Waals surface area (Å²) in [5.41, 5.74) is 1.52. The topological polar surface area (TPSA) is 3.24 Å². The SMILES string of the molecule is CN1CCCc2sc(Br)cc2C1. The van der Waals surface area contributed by atoms with Gasteiger partial charge in [-0.15, -0.1) is 11.3 Å². The normalized spacial score (nSPS) is 18.8. The van der Waals surface area contributed by atoms with Crippen molar-refractivity contribution in [2.45, 2.75) is 19.4 Å². The molecule has 2 rings (SSSR count). The van der Waals surface area contributed by atoms with E-state index in [-0.39, 0.29) is 0 Å². The minimum atomic E-state index is 1.12. The first-order valence-corrected chi connectivity index (χ1v) is 5.82. The quantitative estimate of drug-likeness (QED) is 0.680. The summed E-state index contributed by atoms with van der Waals surface area (Å²) in [6, 6.07) is 2.27. The third kappa shape index (κ3) is 1.73. The van der Waals surface area contributed by atoms with Crippen molar-refractivity contribution in [3.63, 3.8) is 0 Å². The van der Waals surface area contributed by atoms with Crippen molar-refractivity contribution < 1.29 is 0 Å². The number of nitrogens with zero attached hydrogens (tertiary/aromatic N) is 1. The highest BCUT2D eigenvalue weighted by Crippen LogP contribution is 2.30. The van der Waals surface area contributed by atoms with Gasteiger partial charge in [-0.05, 0) is 54.0 Å². The molecule has 0 bridgehead atoms. The van der Waals surface area contributed by atoms with Gasteiger partial charge in [-0.3, -0.25) is 0 Å². The maximum atomic E-state index is 3.54. The van der Waals surface area contributed by atoms with Crippen LogP contribution in [-0.2, 0) is 13.0 Å². The molecule has 0 aromatic carbocycles. The van der Waals surface area contributed by atoms with E-state index in [9.17, 15) is 0 Å². The summed E-state index contributed by atoms with van der Waals surface area (Å²) in [6.07, 6.45) is 2.56. The van der Waals surface area contributed by atoms with Gasteiger partial charge in [0.1, 0.15) is 0 Å². The molecule has 3 heteroatoms. The van der Waals surface area contributed by atoms with Gasteiger partial charge in [-0.1, -0.05) is 0 Å². The molecule has 1 aromatic heterocycles. The zero-order chi connectivity index (χ0) is 8.55. The average molecular weight is 246 g/mol. The van der Waals surface area contributed by atoms with Crippen molar-refractivity contribution >= 4 is 27.3 Å². The monoisotopic (exact) mass is 245 g/mol. The minimum Gasteiger partial charge on any atom is -0.302 e. The number of rotatable bonds is 0. The standard InChI is InChI=1S/C9H12BrNS/c1-11-4-2-3-8-7(6-11)5-9(10)12-8/h5H,2-4,6H2,1H3. The largest absolute Gasteiger partial charge is 0.302 e. The molecule has 66 valence electrons. The molecule has 0 N–H and O–H groups in total. The molecule has 0 saturated carbocycles. The lowest BCUT2D eigenvalue weighted by molar-refractivity contribution is 0.332. The van der Waals surface area contributed by atoms with Gasteiger partial charge >= 0.3 is 0 Å². The van der Waals surface area contributed by atoms with E-state index >= 15 is 0 Å². The first-order chi connectivity index (χ1) is 5.75. The molecule has 1 nitrogen and oxygen atoms in total. The average Bonchev–Trinajstić information content (AvgIpc) is 2.23. The molecule has 0 saturated heterocycles. The summed E-state index contributed by atoms with van der Waals surface area (Å²) < 4.78 is 1.28. The molecular weight excluding hydrogens is 234 g/mol. The zero-order valence-corrected chi connectivity index (χ0v) is 9.54. The molecule has 1 aliphatic heterocycles. The van der Waals surface area contributed by atoms with Crippen molar-refractivity contribution in [2.75, 3.05) is 13.6 Å². The summed E-state index contributed by atoms with van der Waals surface area (Å²) in [5, 5.41) is 0. The smallest absolute Gasteiger partial charge is 0.0704 e. The Balaban J connectivity index is 2.30. The van der Waals surface area contributed by atoms with E-state index in [2.05, 4.69) is 33.9 Å². The fraction of sp³-hybridized carbons (Fsp3) is 0.556. The van der Waals surface area contributed by atoms with Crippen molar-refractivity contribution in [3.05, 3.63) is 20.3 Å². The molecule has 0 fully saturated rings. The Bertz CT molecular complexity index is 282. The second kappa shape index (κ2) is 3.48. The van der Waals surface area contributed by atoms with E-state index in [1.165, 1.54) is 28.7 Å². The maximum absolute atomic E-state index is 3.54. The van der Waals surface area contributed by atoms with E-state index in [1.807, 2.05) is 11.3 Å². The number of aryl methyl sites for hydroxylation is 1. The molecule has 12 heavy (non-hydrogen) atoms. The van der Waals surface area contributed by atoms with Crippen molar-refractivity contribution in [2.24, 2.45) is 0 Å². The Hall–Kier alpha value is 0.140. The number of hydrogen-bond acceptors (Lipinski definition) is 2. The molecule has 0 spiro atoms. The van der Waals surface area contributed by atoms with Crippen molar-refractivity contribution in [1.82, 2.24) is 4.90 Å². The lowest BCUT2D eigenvalue weighted by Gasteiger charge is -2.11. The molecule has 0 aliphatic carbocycles. The van der Waals surface area contributed by atoms with Crippen molar-refractivity contribution in [3.8, 4) is 0 Å². The van der Waals surface area contributed by atoms with Crippen LogP contribution in [0.25, 0.3) is 0 Å². The van der Waals surface area contributed by atoms with Gasteiger partial charge in [0.25, 0.3) is 0 Å². The minimum absolute atomic E-state index is 1.12. The summed E-state index contributed by atoms with van der Waals surface area (Å²) in [4.78, 5) is 3.97. The summed E-state index contributed by atoms with van der Waals surface area (Å²) >= 11 is 5.43.